The van der Waals surface area contributed by atoms with Gasteiger partial charge in [0, 0.05) is 37.7 Å². The van der Waals surface area contributed by atoms with Gasteiger partial charge in [0.25, 0.3) is 11.7 Å². The summed E-state index contributed by atoms with van der Waals surface area (Å²) in [5, 5.41) is 11.7. The highest BCUT2D eigenvalue weighted by Crippen LogP contribution is 2.44. The van der Waals surface area contributed by atoms with Crippen molar-refractivity contribution in [3.63, 3.8) is 0 Å². The lowest BCUT2D eigenvalue weighted by molar-refractivity contribution is -0.132. The number of hydrogen-bond acceptors (Lipinski definition) is 7. The van der Waals surface area contributed by atoms with Crippen molar-refractivity contribution in [2.24, 2.45) is 0 Å². The summed E-state index contributed by atoms with van der Waals surface area (Å²) in [5.74, 6) is -1.55. The van der Waals surface area contributed by atoms with Crippen molar-refractivity contribution in [3.8, 4) is 11.5 Å². The molecule has 1 unspecified atom stereocenters. The molecule has 8 nitrogen and oxygen atoms in total. The van der Waals surface area contributed by atoms with Crippen LogP contribution < -0.4 is 19.3 Å². The third kappa shape index (κ3) is 4.28. The Morgan fingerprint density at radius 1 is 1.03 bits per heavy atom. The molecule has 1 saturated heterocycles. The summed E-state index contributed by atoms with van der Waals surface area (Å²) in [6.07, 6.45) is 1.57. The molecule has 9 heteroatoms. The first-order chi connectivity index (χ1) is 16.8. The Labute approximate surface area is 208 Å². The number of aliphatic hydroxyl groups excluding tert-OH is 1. The summed E-state index contributed by atoms with van der Waals surface area (Å²) in [6, 6.07) is 14.3. The van der Waals surface area contributed by atoms with Crippen molar-refractivity contribution < 1.29 is 24.2 Å². The van der Waals surface area contributed by atoms with Crippen LogP contribution in [0.3, 0.4) is 0 Å². The molecule has 0 aliphatic carbocycles. The number of hydrogen-bond donors (Lipinski definition) is 1. The number of carbonyl (C=O) groups is 2. The zero-order valence-electron chi connectivity index (χ0n) is 19.7. The normalized spacial score (nSPS) is 16.9. The Hall–Kier alpha value is -4.04. The van der Waals surface area contributed by atoms with Crippen molar-refractivity contribution in [2.45, 2.75) is 6.04 Å². The quantitative estimate of drug-likeness (QED) is 0.308. The maximum atomic E-state index is 13.3. The van der Waals surface area contributed by atoms with E-state index in [1.54, 1.807) is 36.5 Å². The highest BCUT2D eigenvalue weighted by molar-refractivity contribution is 6.51. The number of aliphatic hydroxyl groups is 1. The summed E-state index contributed by atoms with van der Waals surface area (Å²) in [4.78, 5) is 34.3. The van der Waals surface area contributed by atoms with E-state index in [4.69, 9.17) is 21.1 Å². The molecule has 0 radical (unpaired) electrons. The van der Waals surface area contributed by atoms with Gasteiger partial charge in [-0.25, -0.2) is 0 Å². The summed E-state index contributed by atoms with van der Waals surface area (Å²) in [6.45, 7) is 0. The van der Waals surface area contributed by atoms with Gasteiger partial charge in [-0.15, -0.1) is 0 Å². The fourth-order valence-corrected chi connectivity index (χ4v) is 4.25. The molecule has 0 bridgehead atoms. The second-order valence-electron chi connectivity index (χ2n) is 8.02. The Morgan fingerprint density at radius 3 is 2.29 bits per heavy atom. The molecule has 0 saturated carbocycles. The maximum Gasteiger partial charge on any atom is 0.300 e. The van der Waals surface area contributed by atoms with Crippen LogP contribution in [0.1, 0.15) is 17.3 Å². The molecular formula is C26H24ClN3O5. The molecule has 1 fully saturated rings. The molecule has 1 aliphatic rings. The predicted octanol–water partition coefficient (Wildman–Crippen LogP) is 4.44. The van der Waals surface area contributed by atoms with Gasteiger partial charge in [-0.3, -0.25) is 19.5 Å². The van der Waals surface area contributed by atoms with E-state index in [2.05, 4.69) is 4.98 Å². The average molecular weight is 494 g/mol. The van der Waals surface area contributed by atoms with E-state index in [0.29, 0.717) is 11.4 Å². The number of Topliss-reactive ketones (excluding diaryl/α,β-unsaturated/α-hetero) is 1. The number of aromatic nitrogens is 1. The largest absolute Gasteiger partial charge is 0.507 e. The lowest BCUT2D eigenvalue weighted by Crippen LogP contribution is -2.29. The lowest BCUT2D eigenvalue weighted by atomic mass is 9.97. The molecule has 1 N–H and O–H groups in total. The molecule has 4 rings (SSSR count). The molecule has 35 heavy (non-hydrogen) atoms. The third-order valence-corrected chi connectivity index (χ3v) is 6.08. The first-order valence-electron chi connectivity index (χ1n) is 10.7. The van der Waals surface area contributed by atoms with E-state index in [1.807, 2.05) is 31.1 Å². The maximum absolute atomic E-state index is 13.3. The Balaban J connectivity index is 1.95. The number of methoxy groups -OCH3 is 2. The standard InChI is InChI=1S/C26H24ClN3O5/c1-29(2)15-8-10-16(11-9-15)30-23(19-7-5-6-12-28-19)22(25(32)26(30)33)24(31)17-13-21(35-4)18(27)14-20(17)34-3/h5-14,23,31H,1-4H3/b24-22+. The van der Waals surface area contributed by atoms with Crippen LogP contribution in [0.5, 0.6) is 11.5 Å². The number of anilines is 2. The summed E-state index contributed by atoms with van der Waals surface area (Å²) < 4.78 is 10.7. The second kappa shape index (κ2) is 9.68. The minimum Gasteiger partial charge on any atom is -0.507 e. The van der Waals surface area contributed by atoms with Crippen LogP contribution in [0.4, 0.5) is 11.4 Å². The third-order valence-electron chi connectivity index (χ3n) is 5.79. The Morgan fingerprint density at radius 2 is 1.71 bits per heavy atom. The van der Waals surface area contributed by atoms with Crippen molar-refractivity contribution in [1.29, 1.82) is 0 Å². The predicted molar refractivity (Wildman–Crippen MR) is 134 cm³/mol. The average Bonchev–Trinajstić information content (AvgIpc) is 3.14. The van der Waals surface area contributed by atoms with Gasteiger partial charge in [0.1, 0.15) is 23.3 Å². The van der Waals surface area contributed by atoms with Gasteiger partial charge in [0.15, 0.2) is 0 Å². The van der Waals surface area contributed by atoms with Gasteiger partial charge < -0.3 is 19.5 Å². The number of benzene rings is 2. The van der Waals surface area contributed by atoms with Gasteiger partial charge in [-0.2, -0.15) is 0 Å². The summed E-state index contributed by atoms with van der Waals surface area (Å²) in [5.41, 5.74) is 1.89. The van der Waals surface area contributed by atoms with Crippen LogP contribution in [-0.4, -0.2) is 50.1 Å². The Bertz CT molecular complexity index is 1310. The van der Waals surface area contributed by atoms with Gasteiger partial charge >= 0.3 is 0 Å². The summed E-state index contributed by atoms with van der Waals surface area (Å²) in [7, 11) is 6.66. The molecule has 1 aromatic heterocycles. The van der Waals surface area contributed by atoms with Gasteiger partial charge in [0.2, 0.25) is 0 Å². The number of halogens is 1. The minimum absolute atomic E-state index is 0.118. The van der Waals surface area contributed by atoms with Crippen LogP contribution in [-0.2, 0) is 9.59 Å². The van der Waals surface area contributed by atoms with Crippen molar-refractivity contribution >= 4 is 40.4 Å². The van der Waals surface area contributed by atoms with Crippen molar-refractivity contribution in [3.05, 3.63) is 82.6 Å². The van der Waals surface area contributed by atoms with Crippen molar-refractivity contribution in [1.82, 2.24) is 4.98 Å². The van der Waals surface area contributed by atoms with Crippen molar-refractivity contribution in [2.75, 3.05) is 38.1 Å². The molecule has 2 heterocycles. The van der Waals surface area contributed by atoms with Crippen LogP contribution >= 0.6 is 11.6 Å². The molecule has 0 spiro atoms. The molecule has 1 aliphatic heterocycles. The molecule has 3 aromatic rings. The second-order valence-corrected chi connectivity index (χ2v) is 8.43. The number of ketones is 1. The molecule has 1 atom stereocenters. The number of nitrogens with zero attached hydrogens (tertiary/aromatic N) is 3. The number of ether oxygens (including phenoxy) is 2. The van der Waals surface area contributed by atoms with E-state index in [1.165, 1.54) is 31.3 Å². The van der Waals surface area contributed by atoms with E-state index >= 15 is 0 Å². The first kappa shape index (κ1) is 24.1. The lowest BCUT2D eigenvalue weighted by Gasteiger charge is -2.25. The SMILES string of the molecule is COc1cc(/C(O)=C2\C(=O)C(=O)N(c3ccc(N(C)C)cc3)C2c2ccccn2)c(OC)cc1Cl. The molecule has 180 valence electrons. The van der Waals surface area contributed by atoms with E-state index in [-0.39, 0.29) is 27.7 Å². The fraction of sp³-hybridized carbons (Fsp3) is 0.192. The molecule has 2 aromatic carbocycles. The topological polar surface area (TPSA) is 92.2 Å². The highest BCUT2D eigenvalue weighted by Gasteiger charge is 2.48. The van der Waals surface area contributed by atoms with E-state index in [9.17, 15) is 14.7 Å². The van der Waals surface area contributed by atoms with Gasteiger partial charge in [0.05, 0.1) is 36.1 Å². The minimum atomic E-state index is -0.965. The first-order valence-corrected chi connectivity index (χ1v) is 11.1. The van der Waals surface area contributed by atoms with Crippen LogP contribution in [0.15, 0.2) is 66.4 Å². The highest BCUT2D eigenvalue weighted by atomic mass is 35.5. The fourth-order valence-electron chi connectivity index (χ4n) is 4.02. The molecular weight excluding hydrogens is 470 g/mol. The zero-order chi connectivity index (χ0) is 25.3. The van der Waals surface area contributed by atoms with Crippen LogP contribution in [0.25, 0.3) is 5.76 Å². The smallest absolute Gasteiger partial charge is 0.300 e. The number of rotatable bonds is 6. The Kier molecular flexibility index (Phi) is 6.66. The van der Waals surface area contributed by atoms with Gasteiger partial charge in [-0.05, 0) is 42.5 Å². The number of carbonyl (C=O) groups excluding carboxylic acids is 2. The van der Waals surface area contributed by atoms with Crippen LogP contribution in [0.2, 0.25) is 5.02 Å². The monoisotopic (exact) mass is 493 g/mol. The van der Waals surface area contributed by atoms with E-state index in [0.717, 1.165) is 5.69 Å². The van der Waals surface area contributed by atoms with Gasteiger partial charge in [-0.1, -0.05) is 17.7 Å². The summed E-state index contributed by atoms with van der Waals surface area (Å²) >= 11 is 6.21. The number of pyridine rings is 1. The molecule has 1 amide bonds. The van der Waals surface area contributed by atoms with E-state index < -0.39 is 23.5 Å². The zero-order valence-corrected chi connectivity index (χ0v) is 20.4. The van der Waals surface area contributed by atoms with Crippen LogP contribution in [0, 0.1) is 0 Å². The number of amides is 1.